The van der Waals surface area contributed by atoms with E-state index in [2.05, 4.69) is 22.2 Å². The number of aryl methyl sites for hydroxylation is 1. The van der Waals surface area contributed by atoms with Gasteiger partial charge in [0.05, 0.1) is 30.0 Å². The number of anilines is 1. The summed E-state index contributed by atoms with van der Waals surface area (Å²) in [5, 5.41) is 7.41. The van der Waals surface area contributed by atoms with Crippen molar-refractivity contribution < 1.29 is 14.4 Å². The number of rotatable bonds is 4. The fourth-order valence-corrected chi connectivity index (χ4v) is 4.91. The number of amides is 3. The van der Waals surface area contributed by atoms with Gasteiger partial charge in [-0.25, -0.2) is 4.79 Å². The van der Waals surface area contributed by atoms with Crippen molar-refractivity contribution in [3.05, 3.63) is 57.6 Å². The van der Waals surface area contributed by atoms with Gasteiger partial charge in [-0.15, -0.1) is 11.3 Å². The number of nitrogens with one attached hydrogen (secondary N) is 2. The molecule has 156 valence electrons. The highest BCUT2D eigenvalue weighted by molar-refractivity contribution is 7.10. The van der Waals surface area contributed by atoms with Crippen LogP contribution in [0.15, 0.2) is 35.9 Å². The Balaban J connectivity index is 1.40. The normalized spacial score (nSPS) is 18.9. The van der Waals surface area contributed by atoms with Crippen LogP contribution in [-0.2, 0) is 17.9 Å². The van der Waals surface area contributed by atoms with Gasteiger partial charge in [-0.05, 0) is 43.9 Å². The minimum Gasteiger partial charge on any atom is -0.333 e. The number of pyridine rings is 1. The SMILES string of the molecule is C=C1CCCC(N2Cc3c(csc3CNC(=O)Nc3ccc(C)nc3)C2=O)C(=O)C1. The molecule has 0 spiro atoms. The van der Waals surface area contributed by atoms with Gasteiger partial charge in [0.15, 0.2) is 5.78 Å². The van der Waals surface area contributed by atoms with Gasteiger partial charge in [0.1, 0.15) is 0 Å². The Hall–Kier alpha value is -3.00. The molecule has 0 radical (unpaired) electrons. The first-order chi connectivity index (χ1) is 14.4. The highest BCUT2D eigenvalue weighted by Gasteiger charge is 2.38. The second kappa shape index (κ2) is 8.39. The number of ketones is 1. The second-order valence-electron chi connectivity index (χ2n) is 7.78. The highest BCUT2D eigenvalue weighted by atomic mass is 32.1. The van der Waals surface area contributed by atoms with Crippen LogP contribution in [0.4, 0.5) is 10.5 Å². The first kappa shape index (κ1) is 20.3. The lowest BCUT2D eigenvalue weighted by molar-refractivity contribution is -0.122. The zero-order valence-electron chi connectivity index (χ0n) is 16.9. The number of thiophene rings is 1. The third kappa shape index (κ3) is 4.14. The van der Waals surface area contributed by atoms with Crippen LogP contribution >= 0.6 is 11.3 Å². The van der Waals surface area contributed by atoms with Crippen molar-refractivity contribution >= 4 is 34.7 Å². The average Bonchev–Trinajstić information content (AvgIpc) is 3.20. The fraction of sp³-hybridized carbons (Fsp3) is 0.364. The van der Waals surface area contributed by atoms with E-state index in [4.69, 9.17) is 0 Å². The number of aromatic nitrogens is 1. The summed E-state index contributed by atoms with van der Waals surface area (Å²) in [5.41, 5.74) is 4.00. The zero-order valence-corrected chi connectivity index (χ0v) is 17.7. The van der Waals surface area contributed by atoms with Crippen LogP contribution in [0.5, 0.6) is 0 Å². The molecule has 8 heteroatoms. The summed E-state index contributed by atoms with van der Waals surface area (Å²) >= 11 is 1.46. The summed E-state index contributed by atoms with van der Waals surface area (Å²) in [6.45, 7) is 6.57. The van der Waals surface area contributed by atoms with Crippen LogP contribution in [0.25, 0.3) is 0 Å². The lowest BCUT2D eigenvalue weighted by atomic mass is 10.1. The number of carbonyl (C=O) groups excluding carboxylic acids is 3. The van der Waals surface area contributed by atoms with Gasteiger partial charge in [-0.1, -0.05) is 12.2 Å². The van der Waals surface area contributed by atoms with Crippen LogP contribution in [-0.4, -0.2) is 33.6 Å². The zero-order chi connectivity index (χ0) is 21.3. The third-order valence-electron chi connectivity index (χ3n) is 5.56. The molecule has 2 N–H and O–H groups in total. The number of urea groups is 1. The Morgan fingerprint density at radius 1 is 1.37 bits per heavy atom. The van der Waals surface area contributed by atoms with E-state index in [-0.39, 0.29) is 23.8 Å². The molecule has 2 aromatic heterocycles. The molecular formula is C22H24N4O3S. The van der Waals surface area contributed by atoms with E-state index in [9.17, 15) is 14.4 Å². The molecule has 1 fully saturated rings. The summed E-state index contributed by atoms with van der Waals surface area (Å²) in [7, 11) is 0. The van der Waals surface area contributed by atoms with Gasteiger partial charge < -0.3 is 15.5 Å². The summed E-state index contributed by atoms with van der Waals surface area (Å²) in [5.74, 6) is -0.0148. The smallest absolute Gasteiger partial charge is 0.319 e. The summed E-state index contributed by atoms with van der Waals surface area (Å²) in [6, 6.07) is 2.90. The second-order valence-corrected chi connectivity index (χ2v) is 8.75. The predicted molar refractivity (Wildman–Crippen MR) is 115 cm³/mol. The minimum absolute atomic E-state index is 0.0745. The van der Waals surface area contributed by atoms with Gasteiger partial charge in [-0.2, -0.15) is 0 Å². The van der Waals surface area contributed by atoms with Gasteiger partial charge in [0.2, 0.25) is 0 Å². The molecule has 0 aromatic carbocycles. The van der Waals surface area contributed by atoms with E-state index in [0.717, 1.165) is 34.5 Å². The molecule has 3 amide bonds. The molecule has 1 unspecified atom stereocenters. The molecule has 2 aromatic rings. The van der Waals surface area contributed by atoms with E-state index in [1.54, 1.807) is 17.2 Å². The number of nitrogens with zero attached hydrogens (tertiary/aromatic N) is 2. The molecular weight excluding hydrogens is 400 g/mol. The fourth-order valence-electron chi connectivity index (χ4n) is 3.94. The Morgan fingerprint density at radius 3 is 2.97 bits per heavy atom. The maximum Gasteiger partial charge on any atom is 0.319 e. The Bertz CT molecular complexity index is 1010. The lowest BCUT2D eigenvalue weighted by Crippen LogP contribution is -2.40. The minimum atomic E-state index is -0.382. The molecule has 1 atom stereocenters. The monoisotopic (exact) mass is 424 g/mol. The Morgan fingerprint density at radius 2 is 2.20 bits per heavy atom. The highest BCUT2D eigenvalue weighted by Crippen LogP contribution is 2.35. The molecule has 7 nitrogen and oxygen atoms in total. The standard InChI is InChI=1S/C22H24N4O3S/c1-13-4-3-5-18(19(27)8-13)26-11-16-17(21(26)28)12-30-20(16)10-24-22(29)25-15-7-6-14(2)23-9-15/h6-7,9,12,18H,1,3-5,8,10-11H2,2H3,(H2,24,25,29). The van der Waals surface area contributed by atoms with Gasteiger partial charge in [0.25, 0.3) is 5.91 Å². The summed E-state index contributed by atoms with van der Waals surface area (Å²) < 4.78 is 0. The largest absolute Gasteiger partial charge is 0.333 e. The van der Waals surface area contributed by atoms with Crippen LogP contribution in [0.2, 0.25) is 0 Å². The molecule has 3 heterocycles. The van der Waals surface area contributed by atoms with Crippen LogP contribution in [0.1, 0.15) is 52.2 Å². The summed E-state index contributed by atoms with van der Waals surface area (Å²) in [4.78, 5) is 44.5. The first-order valence-electron chi connectivity index (χ1n) is 9.99. The quantitative estimate of drug-likeness (QED) is 0.577. The number of hydrogen-bond donors (Lipinski definition) is 2. The summed E-state index contributed by atoms with van der Waals surface area (Å²) in [6.07, 6.45) is 4.34. The van der Waals surface area contributed by atoms with Crippen LogP contribution in [0, 0.1) is 6.92 Å². The number of carbonyl (C=O) groups is 3. The van der Waals surface area contributed by atoms with E-state index in [1.807, 2.05) is 18.4 Å². The first-order valence-corrected chi connectivity index (χ1v) is 10.9. The maximum atomic E-state index is 12.9. The van der Waals surface area contributed by atoms with Gasteiger partial charge in [0, 0.05) is 28.9 Å². The van der Waals surface area contributed by atoms with E-state index < -0.39 is 0 Å². The van der Waals surface area contributed by atoms with E-state index >= 15 is 0 Å². The van der Waals surface area contributed by atoms with Crippen molar-refractivity contribution in [3.63, 3.8) is 0 Å². The Kier molecular flexibility index (Phi) is 5.67. The predicted octanol–water partition coefficient (Wildman–Crippen LogP) is 3.80. The number of fused-ring (bicyclic) bond motifs is 1. The van der Waals surface area contributed by atoms with Gasteiger partial charge in [-0.3, -0.25) is 14.6 Å². The maximum absolute atomic E-state index is 12.9. The van der Waals surface area contributed by atoms with E-state index in [1.165, 1.54) is 11.3 Å². The third-order valence-corrected chi connectivity index (χ3v) is 6.59. The number of Topliss-reactive ketones (excluding diaryl/α,β-unsaturated/α-hetero) is 1. The molecule has 2 aliphatic rings. The van der Waals surface area contributed by atoms with Gasteiger partial charge >= 0.3 is 6.03 Å². The lowest BCUT2D eigenvalue weighted by Gasteiger charge is -2.25. The van der Waals surface area contributed by atoms with Crippen molar-refractivity contribution in [2.24, 2.45) is 0 Å². The number of allylic oxidation sites excluding steroid dienone is 1. The molecule has 4 rings (SSSR count). The molecule has 0 saturated heterocycles. The molecule has 30 heavy (non-hydrogen) atoms. The van der Waals surface area contributed by atoms with Crippen molar-refractivity contribution in [2.45, 2.75) is 51.7 Å². The average molecular weight is 425 g/mol. The topological polar surface area (TPSA) is 91.4 Å². The van der Waals surface area contributed by atoms with Crippen molar-refractivity contribution in [2.75, 3.05) is 5.32 Å². The molecule has 1 saturated carbocycles. The van der Waals surface area contributed by atoms with Crippen molar-refractivity contribution in [3.8, 4) is 0 Å². The Labute approximate surface area is 179 Å². The van der Waals surface area contributed by atoms with Crippen LogP contribution in [0.3, 0.4) is 0 Å². The number of hydrogen-bond acceptors (Lipinski definition) is 5. The van der Waals surface area contributed by atoms with Crippen molar-refractivity contribution in [1.29, 1.82) is 0 Å². The van der Waals surface area contributed by atoms with Crippen LogP contribution < -0.4 is 10.6 Å². The molecule has 1 aliphatic heterocycles. The van der Waals surface area contributed by atoms with E-state index in [0.29, 0.717) is 37.2 Å². The molecule has 0 bridgehead atoms. The van der Waals surface area contributed by atoms with Crippen molar-refractivity contribution in [1.82, 2.24) is 15.2 Å². The molecule has 1 aliphatic carbocycles.